The third-order valence-electron chi connectivity index (χ3n) is 2.58. The van der Waals surface area contributed by atoms with Crippen molar-refractivity contribution in [1.82, 2.24) is 0 Å². The summed E-state index contributed by atoms with van der Waals surface area (Å²) in [7, 11) is 1.53. The number of hydrogen-bond acceptors (Lipinski definition) is 3. The van der Waals surface area contributed by atoms with Gasteiger partial charge in [-0.15, -0.1) is 0 Å². The largest absolute Gasteiger partial charge is 0.504 e. The molecule has 82 valence electrons. The van der Waals surface area contributed by atoms with Gasteiger partial charge in [0, 0.05) is 6.42 Å². The maximum absolute atomic E-state index is 10.3. The van der Waals surface area contributed by atoms with Gasteiger partial charge in [0.05, 0.1) is 7.11 Å². The van der Waals surface area contributed by atoms with Gasteiger partial charge in [0.25, 0.3) is 0 Å². The van der Waals surface area contributed by atoms with E-state index in [1.807, 2.05) is 19.9 Å². The van der Waals surface area contributed by atoms with Crippen LogP contribution in [-0.2, 0) is 11.2 Å². The van der Waals surface area contributed by atoms with E-state index >= 15 is 0 Å². The van der Waals surface area contributed by atoms with E-state index < -0.39 is 0 Å². The number of phenolic OH excluding ortho intramolecular Hbond substituents is 1. The fourth-order valence-electron chi connectivity index (χ4n) is 1.60. The number of phenols is 1. The highest BCUT2D eigenvalue weighted by molar-refractivity contribution is 5.56. The van der Waals surface area contributed by atoms with Crippen LogP contribution in [0.4, 0.5) is 0 Å². The molecule has 0 saturated heterocycles. The van der Waals surface area contributed by atoms with Gasteiger partial charge in [-0.1, -0.05) is 6.07 Å². The lowest BCUT2D eigenvalue weighted by molar-refractivity contribution is -0.107. The molecule has 0 aromatic heterocycles. The van der Waals surface area contributed by atoms with Crippen molar-refractivity contribution in [2.75, 3.05) is 7.11 Å². The highest BCUT2D eigenvalue weighted by Gasteiger charge is 2.12. The molecule has 1 rings (SSSR count). The number of aldehydes is 1. The molecule has 0 aliphatic heterocycles. The van der Waals surface area contributed by atoms with Crippen molar-refractivity contribution in [3.05, 3.63) is 22.8 Å². The highest BCUT2D eigenvalue weighted by Crippen LogP contribution is 2.35. The van der Waals surface area contributed by atoms with Crippen LogP contribution in [-0.4, -0.2) is 18.5 Å². The zero-order valence-corrected chi connectivity index (χ0v) is 9.33. The van der Waals surface area contributed by atoms with Crippen LogP contribution in [0.5, 0.6) is 11.5 Å². The normalized spacial score (nSPS) is 10.1. The van der Waals surface area contributed by atoms with Gasteiger partial charge < -0.3 is 14.6 Å². The van der Waals surface area contributed by atoms with Crippen molar-refractivity contribution in [3.8, 4) is 11.5 Å². The van der Waals surface area contributed by atoms with Gasteiger partial charge in [0.1, 0.15) is 6.29 Å². The smallest absolute Gasteiger partial charge is 0.163 e. The number of aryl methyl sites for hydroxylation is 2. The second-order valence-corrected chi connectivity index (χ2v) is 3.56. The van der Waals surface area contributed by atoms with Gasteiger partial charge in [0.2, 0.25) is 0 Å². The van der Waals surface area contributed by atoms with Crippen LogP contribution in [0.2, 0.25) is 0 Å². The van der Waals surface area contributed by atoms with Gasteiger partial charge in [0.15, 0.2) is 11.5 Å². The van der Waals surface area contributed by atoms with Crippen LogP contribution in [0.15, 0.2) is 6.07 Å². The number of hydrogen-bond donors (Lipinski definition) is 1. The van der Waals surface area contributed by atoms with E-state index in [2.05, 4.69) is 0 Å². The molecule has 0 amide bonds. The van der Waals surface area contributed by atoms with Crippen LogP contribution >= 0.6 is 0 Å². The lowest BCUT2D eigenvalue weighted by Gasteiger charge is -2.13. The quantitative estimate of drug-likeness (QED) is 0.771. The molecule has 1 aromatic carbocycles. The van der Waals surface area contributed by atoms with Crippen molar-refractivity contribution in [3.63, 3.8) is 0 Å². The van der Waals surface area contributed by atoms with Crippen molar-refractivity contribution in [2.24, 2.45) is 0 Å². The van der Waals surface area contributed by atoms with E-state index in [1.54, 1.807) is 0 Å². The first-order valence-corrected chi connectivity index (χ1v) is 4.91. The summed E-state index contributed by atoms with van der Waals surface area (Å²) >= 11 is 0. The number of methoxy groups -OCH3 is 1. The molecule has 1 aromatic rings. The molecule has 0 radical (unpaired) electrons. The SMILES string of the molecule is COc1c(C)c(C)cc(CCC=O)c1O. The van der Waals surface area contributed by atoms with Crippen LogP contribution in [0.1, 0.15) is 23.1 Å². The molecule has 1 N–H and O–H groups in total. The van der Waals surface area contributed by atoms with Gasteiger partial charge in [-0.2, -0.15) is 0 Å². The third kappa shape index (κ3) is 2.29. The predicted octanol–water partition coefficient (Wildman–Crippen LogP) is 2.15. The molecular formula is C12H16O3. The Kier molecular flexibility index (Phi) is 3.72. The Morgan fingerprint density at radius 3 is 2.67 bits per heavy atom. The Morgan fingerprint density at radius 2 is 2.13 bits per heavy atom. The lowest BCUT2D eigenvalue weighted by atomic mass is 10.0. The Balaban J connectivity index is 3.17. The van der Waals surface area contributed by atoms with Crippen molar-refractivity contribution >= 4 is 6.29 Å². The fraction of sp³-hybridized carbons (Fsp3) is 0.417. The minimum atomic E-state index is 0.155. The molecule has 0 unspecified atom stereocenters. The minimum Gasteiger partial charge on any atom is -0.504 e. The number of ether oxygens (including phenoxy) is 1. The molecule has 0 spiro atoms. The summed E-state index contributed by atoms with van der Waals surface area (Å²) in [6, 6.07) is 1.90. The van der Waals surface area contributed by atoms with Crippen molar-refractivity contribution in [1.29, 1.82) is 0 Å². The topological polar surface area (TPSA) is 46.5 Å². The van der Waals surface area contributed by atoms with Gasteiger partial charge in [-0.3, -0.25) is 0 Å². The average Bonchev–Trinajstić information content (AvgIpc) is 2.22. The molecule has 15 heavy (non-hydrogen) atoms. The molecule has 0 saturated carbocycles. The molecule has 0 aliphatic rings. The maximum atomic E-state index is 10.3. The number of aromatic hydroxyl groups is 1. The Labute approximate surface area is 89.7 Å². The molecule has 3 nitrogen and oxygen atoms in total. The zero-order valence-electron chi connectivity index (χ0n) is 9.33. The summed E-state index contributed by atoms with van der Waals surface area (Å²) < 4.78 is 5.14. The van der Waals surface area contributed by atoms with E-state index in [-0.39, 0.29) is 5.75 Å². The minimum absolute atomic E-state index is 0.155. The number of benzene rings is 1. The van der Waals surface area contributed by atoms with Crippen molar-refractivity contribution < 1.29 is 14.6 Å². The molecule has 0 aliphatic carbocycles. The number of carbonyl (C=O) groups is 1. The Hall–Kier alpha value is -1.51. The molecule has 0 heterocycles. The summed E-state index contributed by atoms with van der Waals surface area (Å²) in [6.45, 7) is 3.86. The van der Waals surface area contributed by atoms with E-state index in [1.165, 1.54) is 7.11 Å². The van der Waals surface area contributed by atoms with Gasteiger partial charge in [-0.05, 0) is 37.0 Å². The second kappa shape index (κ2) is 4.82. The van der Waals surface area contributed by atoms with Crippen molar-refractivity contribution in [2.45, 2.75) is 26.7 Å². The molecule has 0 fully saturated rings. The fourth-order valence-corrected chi connectivity index (χ4v) is 1.60. The third-order valence-corrected chi connectivity index (χ3v) is 2.58. The molecular weight excluding hydrogens is 192 g/mol. The van der Waals surface area contributed by atoms with Crippen LogP contribution in [0.25, 0.3) is 0 Å². The first kappa shape index (κ1) is 11.6. The predicted molar refractivity (Wildman–Crippen MR) is 58.5 cm³/mol. The summed E-state index contributed by atoms with van der Waals surface area (Å²) in [5, 5.41) is 9.88. The Morgan fingerprint density at radius 1 is 1.47 bits per heavy atom. The first-order chi connectivity index (χ1) is 7.11. The standard InChI is InChI=1S/C12H16O3/c1-8-7-10(5-4-6-13)11(14)12(15-3)9(8)2/h6-7,14H,4-5H2,1-3H3. The number of carbonyl (C=O) groups excluding carboxylic acids is 1. The summed E-state index contributed by atoms with van der Waals surface area (Å²) in [5.74, 6) is 0.665. The molecule has 0 bridgehead atoms. The van der Waals surface area contributed by atoms with Crippen LogP contribution < -0.4 is 4.74 Å². The average molecular weight is 208 g/mol. The second-order valence-electron chi connectivity index (χ2n) is 3.56. The van der Waals surface area contributed by atoms with E-state index in [0.717, 1.165) is 23.0 Å². The van der Waals surface area contributed by atoms with Crippen LogP contribution in [0, 0.1) is 13.8 Å². The summed E-state index contributed by atoms with van der Waals surface area (Å²) in [4.78, 5) is 10.3. The van der Waals surface area contributed by atoms with Crippen LogP contribution in [0.3, 0.4) is 0 Å². The lowest BCUT2D eigenvalue weighted by Crippen LogP contribution is -1.96. The summed E-state index contributed by atoms with van der Waals surface area (Å²) in [5.41, 5.74) is 2.76. The summed E-state index contributed by atoms with van der Waals surface area (Å²) in [6.07, 6.45) is 1.81. The van der Waals surface area contributed by atoms with Gasteiger partial charge in [-0.25, -0.2) is 0 Å². The Bertz CT molecular complexity index is 370. The monoisotopic (exact) mass is 208 g/mol. The number of rotatable bonds is 4. The van der Waals surface area contributed by atoms with E-state index in [0.29, 0.717) is 18.6 Å². The maximum Gasteiger partial charge on any atom is 0.163 e. The zero-order chi connectivity index (χ0) is 11.4. The molecule has 3 heteroatoms. The van der Waals surface area contributed by atoms with E-state index in [9.17, 15) is 9.90 Å². The first-order valence-electron chi connectivity index (χ1n) is 4.91. The van der Waals surface area contributed by atoms with Gasteiger partial charge >= 0.3 is 0 Å². The molecule has 0 atom stereocenters. The van der Waals surface area contributed by atoms with E-state index in [4.69, 9.17) is 4.74 Å². The highest BCUT2D eigenvalue weighted by atomic mass is 16.5.